The summed E-state index contributed by atoms with van der Waals surface area (Å²) in [5.41, 5.74) is 6.47. The molecule has 5 nitrogen and oxygen atoms in total. The van der Waals surface area contributed by atoms with E-state index in [1.54, 1.807) is 0 Å². The molecule has 0 saturated heterocycles. The minimum atomic E-state index is 0.676. The minimum Gasteiger partial charge on any atom is -0.308 e. The van der Waals surface area contributed by atoms with Gasteiger partial charge in [-0.25, -0.2) is 15.8 Å². The van der Waals surface area contributed by atoms with E-state index < -0.39 is 0 Å². The summed E-state index contributed by atoms with van der Waals surface area (Å²) >= 11 is 0. The lowest BCUT2D eigenvalue weighted by Gasteiger charge is -2.19. The van der Waals surface area contributed by atoms with E-state index in [2.05, 4.69) is 44.6 Å². The Morgan fingerprint density at radius 2 is 1.81 bits per heavy atom. The summed E-state index contributed by atoms with van der Waals surface area (Å²) in [7, 11) is 0. The zero-order chi connectivity index (χ0) is 14.7. The van der Waals surface area contributed by atoms with Crippen LogP contribution in [0, 0.1) is 6.92 Å². The molecule has 0 aliphatic carbocycles. The molecule has 0 amide bonds. The van der Waals surface area contributed by atoms with Crippen LogP contribution in [0.2, 0.25) is 0 Å². The van der Waals surface area contributed by atoms with Crippen molar-refractivity contribution in [1.29, 1.82) is 0 Å². The van der Waals surface area contributed by atoms with Crippen LogP contribution in [0.5, 0.6) is 0 Å². The van der Waals surface area contributed by atoms with Crippen LogP contribution in [0.1, 0.15) is 22.6 Å². The SMILES string of the molecule is Cc1cc(NN)nc(CN2CCc3ccccc3CC2)n1. The van der Waals surface area contributed by atoms with Gasteiger partial charge in [-0.2, -0.15) is 0 Å². The molecule has 1 aliphatic rings. The highest BCUT2D eigenvalue weighted by Gasteiger charge is 2.15. The zero-order valence-corrected chi connectivity index (χ0v) is 12.3. The summed E-state index contributed by atoms with van der Waals surface area (Å²) < 4.78 is 0. The van der Waals surface area contributed by atoms with Crippen LogP contribution >= 0.6 is 0 Å². The Kier molecular flexibility index (Phi) is 4.13. The van der Waals surface area contributed by atoms with E-state index in [-0.39, 0.29) is 0 Å². The van der Waals surface area contributed by atoms with Gasteiger partial charge in [0.2, 0.25) is 0 Å². The maximum Gasteiger partial charge on any atom is 0.145 e. The lowest BCUT2D eigenvalue weighted by Crippen LogP contribution is -2.27. The van der Waals surface area contributed by atoms with E-state index in [9.17, 15) is 0 Å². The fourth-order valence-corrected chi connectivity index (χ4v) is 2.85. The standard InChI is InChI=1S/C16H21N5/c1-12-10-15(20-17)19-16(18-12)11-21-8-6-13-4-2-3-5-14(13)7-9-21/h2-5,10H,6-9,11,17H2,1H3,(H,18,19,20). The molecule has 21 heavy (non-hydrogen) atoms. The summed E-state index contributed by atoms with van der Waals surface area (Å²) in [5.74, 6) is 6.95. The Balaban J connectivity index is 1.71. The highest BCUT2D eigenvalue weighted by Crippen LogP contribution is 2.16. The summed E-state index contributed by atoms with van der Waals surface area (Å²) in [6.07, 6.45) is 2.17. The normalized spacial score (nSPS) is 15.3. The first-order chi connectivity index (χ1) is 10.2. The number of hydrogen-bond donors (Lipinski definition) is 2. The number of fused-ring (bicyclic) bond motifs is 1. The van der Waals surface area contributed by atoms with Gasteiger partial charge in [0.15, 0.2) is 0 Å². The molecule has 2 heterocycles. The summed E-state index contributed by atoms with van der Waals surface area (Å²) in [5, 5.41) is 0. The molecule has 0 atom stereocenters. The fraction of sp³-hybridized carbons (Fsp3) is 0.375. The number of hydrogen-bond acceptors (Lipinski definition) is 5. The Bertz CT molecular complexity index is 599. The number of aromatic nitrogens is 2. The molecule has 3 rings (SSSR count). The van der Waals surface area contributed by atoms with Gasteiger partial charge in [-0.3, -0.25) is 4.90 Å². The Morgan fingerprint density at radius 3 is 2.43 bits per heavy atom. The van der Waals surface area contributed by atoms with Gasteiger partial charge in [0.1, 0.15) is 11.6 Å². The third kappa shape index (κ3) is 3.37. The van der Waals surface area contributed by atoms with Crippen LogP contribution in [0.15, 0.2) is 30.3 Å². The van der Waals surface area contributed by atoms with E-state index in [0.717, 1.165) is 44.0 Å². The van der Waals surface area contributed by atoms with Gasteiger partial charge in [0, 0.05) is 24.8 Å². The number of benzene rings is 1. The molecule has 2 aromatic rings. The van der Waals surface area contributed by atoms with Crippen molar-refractivity contribution in [3.05, 3.63) is 53.0 Å². The second-order valence-corrected chi connectivity index (χ2v) is 5.50. The molecule has 0 bridgehead atoms. The van der Waals surface area contributed by atoms with E-state index in [4.69, 9.17) is 5.84 Å². The molecule has 0 unspecified atom stereocenters. The molecular weight excluding hydrogens is 262 g/mol. The van der Waals surface area contributed by atoms with Crippen molar-refractivity contribution < 1.29 is 0 Å². The third-order valence-corrected chi connectivity index (χ3v) is 3.93. The number of aryl methyl sites for hydroxylation is 1. The van der Waals surface area contributed by atoms with Crippen LogP contribution in [-0.2, 0) is 19.4 Å². The Hall–Kier alpha value is -1.98. The molecule has 1 aliphatic heterocycles. The smallest absolute Gasteiger partial charge is 0.145 e. The predicted octanol–water partition coefficient (Wildman–Crippen LogP) is 1.67. The van der Waals surface area contributed by atoms with Gasteiger partial charge in [-0.1, -0.05) is 24.3 Å². The van der Waals surface area contributed by atoms with Gasteiger partial charge in [0.05, 0.1) is 6.54 Å². The van der Waals surface area contributed by atoms with Crippen molar-refractivity contribution in [1.82, 2.24) is 14.9 Å². The van der Waals surface area contributed by atoms with Gasteiger partial charge in [0.25, 0.3) is 0 Å². The first kappa shape index (κ1) is 14.0. The average molecular weight is 283 g/mol. The summed E-state index contributed by atoms with van der Waals surface area (Å²) in [4.78, 5) is 11.4. The molecular formula is C16H21N5. The molecule has 5 heteroatoms. The van der Waals surface area contributed by atoms with Crippen molar-refractivity contribution in [2.45, 2.75) is 26.3 Å². The van der Waals surface area contributed by atoms with E-state index in [1.807, 2.05) is 13.0 Å². The summed E-state index contributed by atoms with van der Waals surface area (Å²) in [6.45, 7) is 4.81. The average Bonchev–Trinajstić information content (AvgIpc) is 2.69. The van der Waals surface area contributed by atoms with E-state index in [1.165, 1.54) is 11.1 Å². The monoisotopic (exact) mass is 283 g/mol. The fourth-order valence-electron chi connectivity index (χ4n) is 2.85. The lowest BCUT2D eigenvalue weighted by molar-refractivity contribution is 0.272. The minimum absolute atomic E-state index is 0.676. The van der Waals surface area contributed by atoms with Gasteiger partial charge < -0.3 is 5.43 Å². The number of nitrogens with zero attached hydrogens (tertiary/aromatic N) is 3. The first-order valence-corrected chi connectivity index (χ1v) is 7.35. The lowest BCUT2D eigenvalue weighted by atomic mass is 10.0. The van der Waals surface area contributed by atoms with Gasteiger partial charge >= 0.3 is 0 Å². The van der Waals surface area contributed by atoms with E-state index >= 15 is 0 Å². The van der Waals surface area contributed by atoms with Crippen molar-refractivity contribution in [3.8, 4) is 0 Å². The zero-order valence-electron chi connectivity index (χ0n) is 12.3. The highest BCUT2D eigenvalue weighted by molar-refractivity contribution is 5.34. The summed E-state index contributed by atoms with van der Waals surface area (Å²) in [6, 6.07) is 10.6. The highest BCUT2D eigenvalue weighted by atomic mass is 15.3. The number of anilines is 1. The van der Waals surface area contributed by atoms with Crippen molar-refractivity contribution in [3.63, 3.8) is 0 Å². The maximum atomic E-state index is 5.45. The van der Waals surface area contributed by atoms with Crippen LogP contribution in [0.25, 0.3) is 0 Å². The predicted molar refractivity (Wildman–Crippen MR) is 83.7 cm³/mol. The Morgan fingerprint density at radius 1 is 1.14 bits per heavy atom. The van der Waals surface area contributed by atoms with Crippen LogP contribution in [0.4, 0.5) is 5.82 Å². The molecule has 0 saturated carbocycles. The number of nitrogen functional groups attached to an aromatic ring is 1. The quantitative estimate of drug-likeness (QED) is 0.662. The van der Waals surface area contributed by atoms with Crippen molar-refractivity contribution in [2.24, 2.45) is 5.84 Å². The number of rotatable bonds is 3. The molecule has 1 aromatic heterocycles. The number of nitrogens with two attached hydrogens (primary N) is 1. The third-order valence-electron chi connectivity index (χ3n) is 3.93. The molecule has 0 spiro atoms. The number of hydrazine groups is 1. The maximum absolute atomic E-state index is 5.45. The van der Waals surface area contributed by atoms with Crippen molar-refractivity contribution in [2.75, 3.05) is 18.5 Å². The molecule has 110 valence electrons. The van der Waals surface area contributed by atoms with Crippen LogP contribution in [0.3, 0.4) is 0 Å². The van der Waals surface area contributed by atoms with Crippen LogP contribution in [-0.4, -0.2) is 28.0 Å². The molecule has 1 aromatic carbocycles. The topological polar surface area (TPSA) is 67.1 Å². The second kappa shape index (κ2) is 6.20. The molecule has 3 N–H and O–H groups in total. The number of nitrogens with one attached hydrogen (secondary N) is 1. The first-order valence-electron chi connectivity index (χ1n) is 7.35. The van der Waals surface area contributed by atoms with E-state index in [0.29, 0.717) is 5.82 Å². The molecule has 0 radical (unpaired) electrons. The molecule has 0 fully saturated rings. The van der Waals surface area contributed by atoms with Gasteiger partial charge in [-0.05, 0) is 30.9 Å². The van der Waals surface area contributed by atoms with Crippen LogP contribution < -0.4 is 11.3 Å². The van der Waals surface area contributed by atoms with Gasteiger partial charge in [-0.15, -0.1) is 0 Å². The van der Waals surface area contributed by atoms with Crippen molar-refractivity contribution >= 4 is 5.82 Å². The largest absolute Gasteiger partial charge is 0.308 e. The Labute approximate surface area is 125 Å². The second-order valence-electron chi connectivity index (χ2n) is 5.50.